The molecule has 3 heteroatoms. The summed E-state index contributed by atoms with van der Waals surface area (Å²) in [4.78, 5) is 7.38. The summed E-state index contributed by atoms with van der Waals surface area (Å²) in [7, 11) is 2.07. The molecule has 0 aromatic carbocycles. The Morgan fingerprint density at radius 1 is 1.33 bits per heavy atom. The molecule has 0 aliphatic heterocycles. The van der Waals surface area contributed by atoms with Gasteiger partial charge < -0.3 is 10.3 Å². The van der Waals surface area contributed by atoms with Crippen molar-refractivity contribution in [3.05, 3.63) is 18.2 Å². The van der Waals surface area contributed by atoms with Gasteiger partial charge in [0.2, 0.25) is 0 Å². The van der Waals surface area contributed by atoms with Crippen LogP contribution in [0.2, 0.25) is 0 Å². The lowest BCUT2D eigenvalue weighted by molar-refractivity contribution is 0.184. The minimum atomic E-state index is 0.659. The molecule has 0 spiro atoms. The minimum Gasteiger partial charge on any atom is -0.348 e. The monoisotopic (exact) mass is 207 g/mol. The molecule has 1 fully saturated rings. The third kappa shape index (κ3) is 1.93. The number of aromatic nitrogens is 2. The smallest absolute Gasteiger partial charge is 0.0921 e. The summed E-state index contributed by atoms with van der Waals surface area (Å²) in [5.41, 5.74) is 1.31. The van der Waals surface area contributed by atoms with Gasteiger partial charge in [-0.15, -0.1) is 0 Å². The molecule has 0 amide bonds. The first-order valence-electron chi connectivity index (χ1n) is 5.89. The van der Waals surface area contributed by atoms with Crippen molar-refractivity contribution in [1.29, 1.82) is 0 Å². The second kappa shape index (κ2) is 4.35. The van der Waals surface area contributed by atoms with E-state index in [0.717, 1.165) is 11.8 Å². The van der Waals surface area contributed by atoms with Crippen molar-refractivity contribution < 1.29 is 0 Å². The van der Waals surface area contributed by atoms with E-state index in [4.69, 9.17) is 0 Å². The molecule has 3 nitrogen and oxygen atoms in total. The van der Waals surface area contributed by atoms with Gasteiger partial charge in [-0.05, 0) is 31.7 Å². The van der Waals surface area contributed by atoms with Crippen LogP contribution in [-0.4, -0.2) is 23.1 Å². The molecular formula is C12H21N3. The van der Waals surface area contributed by atoms with E-state index in [0.29, 0.717) is 12.0 Å². The van der Waals surface area contributed by atoms with E-state index in [2.05, 4.69) is 36.2 Å². The molecule has 15 heavy (non-hydrogen) atoms. The van der Waals surface area contributed by atoms with Gasteiger partial charge in [0.05, 0.1) is 6.33 Å². The van der Waals surface area contributed by atoms with Crippen LogP contribution >= 0.6 is 0 Å². The van der Waals surface area contributed by atoms with Crippen molar-refractivity contribution in [2.24, 2.45) is 11.8 Å². The van der Waals surface area contributed by atoms with Crippen LogP contribution in [0.3, 0.4) is 0 Å². The summed E-state index contributed by atoms with van der Waals surface area (Å²) in [6, 6.07) is 0.680. The van der Waals surface area contributed by atoms with E-state index in [1.807, 2.05) is 6.20 Å². The van der Waals surface area contributed by atoms with Crippen molar-refractivity contribution in [2.45, 2.75) is 38.6 Å². The Hall–Kier alpha value is -0.830. The lowest BCUT2D eigenvalue weighted by Gasteiger charge is -2.39. The van der Waals surface area contributed by atoms with Gasteiger partial charge in [-0.3, -0.25) is 0 Å². The number of nitrogens with zero attached hydrogens (tertiary/aromatic N) is 1. The van der Waals surface area contributed by atoms with Gasteiger partial charge in [-0.2, -0.15) is 0 Å². The van der Waals surface area contributed by atoms with E-state index in [1.165, 1.54) is 18.5 Å². The van der Waals surface area contributed by atoms with Crippen molar-refractivity contribution >= 4 is 0 Å². The van der Waals surface area contributed by atoms with Crippen molar-refractivity contribution in [1.82, 2.24) is 15.3 Å². The third-order valence-electron chi connectivity index (χ3n) is 4.18. The molecule has 1 aliphatic rings. The zero-order chi connectivity index (χ0) is 10.8. The highest BCUT2D eigenvalue weighted by molar-refractivity contribution is 5.08. The van der Waals surface area contributed by atoms with E-state index in [-0.39, 0.29) is 0 Å². The van der Waals surface area contributed by atoms with Gasteiger partial charge in [0, 0.05) is 23.9 Å². The first-order valence-corrected chi connectivity index (χ1v) is 5.89. The Morgan fingerprint density at radius 3 is 2.73 bits per heavy atom. The number of hydrogen-bond donors (Lipinski definition) is 2. The van der Waals surface area contributed by atoms with Crippen LogP contribution in [0.5, 0.6) is 0 Å². The zero-order valence-electron chi connectivity index (χ0n) is 9.83. The number of aromatic amines is 1. The molecular weight excluding hydrogens is 186 g/mol. The SMILES string of the molecule is CNC1CCC(c2cnc[nH]2)C(C)C1C. The van der Waals surface area contributed by atoms with E-state index in [9.17, 15) is 0 Å². The Bertz CT molecular complexity index is 294. The number of nitrogens with one attached hydrogen (secondary N) is 2. The molecule has 1 aliphatic carbocycles. The molecule has 1 aromatic heterocycles. The quantitative estimate of drug-likeness (QED) is 0.780. The Balaban J connectivity index is 2.11. The highest BCUT2D eigenvalue weighted by atomic mass is 14.9. The molecule has 4 atom stereocenters. The summed E-state index contributed by atoms with van der Waals surface area (Å²) >= 11 is 0. The van der Waals surface area contributed by atoms with Crippen molar-refractivity contribution in [3.8, 4) is 0 Å². The number of imidazole rings is 1. The summed E-state index contributed by atoms with van der Waals surface area (Å²) < 4.78 is 0. The zero-order valence-corrected chi connectivity index (χ0v) is 9.83. The van der Waals surface area contributed by atoms with Crippen LogP contribution in [0.4, 0.5) is 0 Å². The van der Waals surface area contributed by atoms with Crippen LogP contribution in [0.15, 0.2) is 12.5 Å². The first kappa shape index (κ1) is 10.7. The van der Waals surface area contributed by atoms with Gasteiger partial charge >= 0.3 is 0 Å². The van der Waals surface area contributed by atoms with Crippen molar-refractivity contribution in [2.75, 3.05) is 7.05 Å². The molecule has 0 radical (unpaired) electrons. The normalized spacial score (nSPS) is 36.7. The van der Waals surface area contributed by atoms with Gasteiger partial charge in [0.15, 0.2) is 0 Å². The molecule has 1 saturated carbocycles. The summed E-state index contributed by atoms with van der Waals surface area (Å²) in [5, 5.41) is 3.42. The lowest BCUT2D eigenvalue weighted by atomic mass is 9.70. The molecule has 0 bridgehead atoms. The third-order valence-corrected chi connectivity index (χ3v) is 4.18. The average Bonchev–Trinajstić information content (AvgIpc) is 2.75. The van der Waals surface area contributed by atoms with Gasteiger partial charge in [-0.25, -0.2) is 4.98 Å². The largest absolute Gasteiger partial charge is 0.348 e. The van der Waals surface area contributed by atoms with Crippen molar-refractivity contribution in [3.63, 3.8) is 0 Å². The van der Waals surface area contributed by atoms with Crippen LogP contribution < -0.4 is 5.32 Å². The van der Waals surface area contributed by atoms with E-state index >= 15 is 0 Å². The maximum absolute atomic E-state index is 4.12. The van der Waals surface area contributed by atoms with Gasteiger partial charge in [0.1, 0.15) is 0 Å². The fourth-order valence-electron chi connectivity index (χ4n) is 2.93. The topological polar surface area (TPSA) is 40.7 Å². The molecule has 1 heterocycles. The molecule has 1 aromatic rings. The fraction of sp³-hybridized carbons (Fsp3) is 0.750. The summed E-state index contributed by atoms with van der Waals surface area (Å²) in [6.07, 6.45) is 6.30. The van der Waals surface area contributed by atoms with Gasteiger partial charge in [-0.1, -0.05) is 13.8 Å². The lowest BCUT2D eigenvalue weighted by Crippen LogP contribution is -2.41. The average molecular weight is 207 g/mol. The highest BCUT2D eigenvalue weighted by Crippen LogP contribution is 2.39. The van der Waals surface area contributed by atoms with Crippen LogP contribution in [-0.2, 0) is 0 Å². The van der Waals surface area contributed by atoms with Crippen LogP contribution in [0.1, 0.15) is 38.3 Å². The standard InChI is InChI=1S/C12H21N3/c1-8-9(2)11(13-3)5-4-10(8)12-6-14-7-15-12/h6-11,13H,4-5H2,1-3H3,(H,14,15). The predicted molar refractivity (Wildman–Crippen MR) is 61.7 cm³/mol. The molecule has 4 unspecified atom stereocenters. The molecule has 2 N–H and O–H groups in total. The van der Waals surface area contributed by atoms with E-state index < -0.39 is 0 Å². The van der Waals surface area contributed by atoms with Crippen LogP contribution in [0, 0.1) is 11.8 Å². The second-order valence-electron chi connectivity index (χ2n) is 4.80. The van der Waals surface area contributed by atoms with Gasteiger partial charge in [0.25, 0.3) is 0 Å². The predicted octanol–water partition coefficient (Wildman–Crippen LogP) is 2.15. The van der Waals surface area contributed by atoms with Crippen LogP contribution in [0.25, 0.3) is 0 Å². The Kier molecular flexibility index (Phi) is 3.10. The minimum absolute atomic E-state index is 0.659. The molecule has 2 rings (SSSR count). The second-order valence-corrected chi connectivity index (χ2v) is 4.80. The Morgan fingerprint density at radius 2 is 2.13 bits per heavy atom. The molecule has 84 valence electrons. The van der Waals surface area contributed by atoms with E-state index in [1.54, 1.807) is 6.33 Å². The summed E-state index contributed by atoms with van der Waals surface area (Å²) in [5.74, 6) is 2.11. The maximum atomic E-state index is 4.12. The molecule has 0 saturated heterocycles. The highest BCUT2D eigenvalue weighted by Gasteiger charge is 2.34. The first-order chi connectivity index (χ1) is 7.24. The summed E-state index contributed by atoms with van der Waals surface area (Å²) in [6.45, 7) is 4.72. The number of hydrogen-bond acceptors (Lipinski definition) is 2. The Labute approximate surface area is 91.7 Å². The number of rotatable bonds is 2. The number of H-pyrrole nitrogens is 1. The fourth-order valence-corrected chi connectivity index (χ4v) is 2.93. The maximum Gasteiger partial charge on any atom is 0.0921 e.